The van der Waals surface area contributed by atoms with Crippen LogP contribution in [0.2, 0.25) is 0 Å². The van der Waals surface area contributed by atoms with E-state index in [2.05, 4.69) is 39.0 Å². The first-order chi connectivity index (χ1) is 9.26. The topological polar surface area (TPSA) is 55.5 Å². The fraction of sp³-hybridized carbons (Fsp3) is 0.647. The Labute approximate surface area is 121 Å². The van der Waals surface area contributed by atoms with Crippen molar-refractivity contribution in [3.05, 3.63) is 29.3 Å². The summed E-state index contributed by atoms with van der Waals surface area (Å²) >= 11 is 0. The number of aliphatic hydroxyl groups is 1. The molecule has 0 aromatic heterocycles. The summed E-state index contributed by atoms with van der Waals surface area (Å²) in [7, 11) is 0. The molecule has 1 aromatic rings. The van der Waals surface area contributed by atoms with Gasteiger partial charge in [-0.05, 0) is 23.5 Å². The van der Waals surface area contributed by atoms with Crippen molar-refractivity contribution >= 4 is 0 Å². The minimum Gasteiger partial charge on any atom is -0.487 e. The predicted molar refractivity (Wildman–Crippen MR) is 79.7 cm³/mol. The highest BCUT2D eigenvalue weighted by Crippen LogP contribution is 2.48. The zero-order valence-corrected chi connectivity index (χ0v) is 12.6. The summed E-state index contributed by atoms with van der Waals surface area (Å²) in [6.45, 7) is 6.73. The van der Waals surface area contributed by atoms with Gasteiger partial charge in [-0.25, -0.2) is 0 Å². The summed E-state index contributed by atoms with van der Waals surface area (Å²) < 4.78 is 6.14. The molecule has 0 saturated heterocycles. The van der Waals surface area contributed by atoms with Crippen LogP contribution in [0.5, 0.6) is 5.75 Å². The van der Waals surface area contributed by atoms with Crippen LogP contribution in [0.4, 0.5) is 0 Å². The molecule has 1 fully saturated rings. The highest BCUT2D eigenvalue weighted by Gasteiger charge is 2.49. The maximum absolute atomic E-state index is 9.55. The minimum atomic E-state index is -0.219. The van der Waals surface area contributed by atoms with E-state index in [0.717, 1.165) is 24.2 Å². The standard InChI is InChI=1S/C17H25NO2/c1-16(2,3)7-11-4-5-15-13(6-11)14(18)10-17(20-15)8-12(19)9-17/h4-6,12,14,19H,7-10,18H2,1-3H3/t12-,14-,17-/m0/s1. The molecule has 1 aromatic carbocycles. The lowest BCUT2D eigenvalue weighted by molar-refractivity contribution is -0.110. The third kappa shape index (κ3) is 2.57. The molecular formula is C17H25NO2. The van der Waals surface area contributed by atoms with E-state index in [-0.39, 0.29) is 23.2 Å². The van der Waals surface area contributed by atoms with E-state index in [9.17, 15) is 5.11 Å². The van der Waals surface area contributed by atoms with Crippen molar-refractivity contribution in [1.82, 2.24) is 0 Å². The van der Waals surface area contributed by atoms with Gasteiger partial charge in [-0.1, -0.05) is 32.9 Å². The Balaban J connectivity index is 1.84. The number of hydrogen-bond donors (Lipinski definition) is 2. The second kappa shape index (κ2) is 4.47. The quantitative estimate of drug-likeness (QED) is 0.828. The van der Waals surface area contributed by atoms with E-state index < -0.39 is 0 Å². The largest absolute Gasteiger partial charge is 0.487 e. The monoisotopic (exact) mass is 275 g/mol. The van der Waals surface area contributed by atoms with E-state index in [1.165, 1.54) is 5.56 Å². The molecule has 20 heavy (non-hydrogen) atoms. The van der Waals surface area contributed by atoms with Crippen molar-refractivity contribution in [3.63, 3.8) is 0 Å². The molecular weight excluding hydrogens is 250 g/mol. The second-order valence-electron chi connectivity index (χ2n) is 7.77. The Bertz CT molecular complexity index is 512. The van der Waals surface area contributed by atoms with E-state index in [0.29, 0.717) is 12.8 Å². The molecule has 2 aliphatic rings. The van der Waals surface area contributed by atoms with E-state index in [1.807, 2.05) is 0 Å². The molecule has 1 aliphatic carbocycles. The van der Waals surface area contributed by atoms with Crippen LogP contribution < -0.4 is 10.5 Å². The number of rotatable bonds is 1. The summed E-state index contributed by atoms with van der Waals surface area (Å²) in [4.78, 5) is 0. The predicted octanol–water partition coefficient (Wildman–Crippen LogP) is 2.95. The van der Waals surface area contributed by atoms with E-state index in [1.54, 1.807) is 0 Å². The average Bonchev–Trinajstić information content (AvgIpc) is 2.26. The molecule has 1 heterocycles. The highest BCUT2D eigenvalue weighted by molar-refractivity contribution is 5.42. The molecule has 0 bridgehead atoms. The molecule has 110 valence electrons. The molecule has 3 nitrogen and oxygen atoms in total. The molecule has 3 N–H and O–H groups in total. The summed E-state index contributed by atoms with van der Waals surface area (Å²) in [5.41, 5.74) is 8.85. The Hall–Kier alpha value is -1.06. The number of nitrogens with two attached hydrogens (primary N) is 1. The summed E-state index contributed by atoms with van der Waals surface area (Å²) in [5, 5.41) is 9.55. The van der Waals surface area contributed by atoms with Crippen molar-refractivity contribution in [3.8, 4) is 5.75 Å². The van der Waals surface area contributed by atoms with Gasteiger partial charge < -0.3 is 15.6 Å². The zero-order chi connectivity index (χ0) is 14.5. The molecule has 0 unspecified atom stereocenters. The van der Waals surface area contributed by atoms with Crippen LogP contribution >= 0.6 is 0 Å². The normalized spacial score (nSPS) is 32.5. The lowest BCUT2D eigenvalue weighted by Crippen LogP contribution is -2.55. The number of benzene rings is 1. The summed E-state index contributed by atoms with van der Waals surface area (Å²) in [6.07, 6.45) is 3.06. The van der Waals surface area contributed by atoms with Gasteiger partial charge in [0, 0.05) is 30.9 Å². The van der Waals surface area contributed by atoms with Gasteiger partial charge in [-0.3, -0.25) is 0 Å². The maximum Gasteiger partial charge on any atom is 0.124 e. The highest BCUT2D eigenvalue weighted by atomic mass is 16.5. The first kappa shape index (κ1) is 13.9. The average molecular weight is 275 g/mol. The van der Waals surface area contributed by atoms with Crippen molar-refractivity contribution < 1.29 is 9.84 Å². The summed E-state index contributed by atoms with van der Waals surface area (Å²) in [5.74, 6) is 0.910. The van der Waals surface area contributed by atoms with Crippen LogP contribution in [0.15, 0.2) is 18.2 Å². The van der Waals surface area contributed by atoms with Gasteiger partial charge in [0.15, 0.2) is 0 Å². The van der Waals surface area contributed by atoms with Crippen molar-refractivity contribution in [2.75, 3.05) is 0 Å². The molecule has 0 amide bonds. The third-order valence-corrected chi connectivity index (χ3v) is 4.34. The van der Waals surface area contributed by atoms with Gasteiger partial charge in [-0.2, -0.15) is 0 Å². The Morgan fingerprint density at radius 2 is 2.00 bits per heavy atom. The molecule has 1 aliphatic heterocycles. The Kier molecular flexibility index (Phi) is 3.11. The molecule has 1 saturated carbocycles. The van der Waals surface area contributed by atoms with Crippen molar-refractivity contribution in [1.29, 1.82) is 0 Å². The van der Waals surface area contributed by atoms with Gasteiger partial charge in [0.1, 0.15) is 11.4 Å². The molecule has 1 atom stereocenters. The fourth-order valence-electron chi connectivity index (χ4n) is 3.54. The number of fused-ring (bicyclic) bond motifs is 1. The third-order valence-electron chi connectivity index (χ3n) is 4.34. The smallest absolute Gasteiger partial charge is 0.124 e. The van der Waals surface area contributed by atoms with Crippen LogP contribution in [-0.2, 0) is 6.42 Å². The maximum atomic E-state index is 9.55. The van der Waals surface area contributed by atoms with E-state index in [4.69, 9.17) is 10.5 Å². The van der Waals surface area contributed by atoms with Crippen LogP contribution in [-0.4, -0.2) is 16.8 Å². The van der Waals surface area contributed by atoms with Crippen LogP contribution in [0.1, 0.15) is 57.2 Å². The Morgan fingerprint density at radius 3 is 2.60 bits per heavy atom. The first-order valence-corrected chi connectivity index (χ1v) is 7.52. The molecule has 3 rings (SSSR count). The second-order valence-corrected chi connectivity index (χ2v) is 7.77. The van der Waals surface area contributed by atoms with E-state index >= 15 is 0 Å². The Morgan fingerprint density at radius 1 is 1.30 bits per heavy atom. The van der Waals surface area contributed by atoms with Gasteiger partial charge in [0.2, 0.25) is 0 Å². The van der Waals surface area contributed by atoms with Gasteiger partial charge in [-0.15, -0.1) is 0 Å². The molecule has 3 heteroatoms. The first-order valence-electron chi connectivity index (χ1n) is 7.52. The van der Waals surface area contributed by atoms with Gasteiger partial charge >= 0.3 is 0 Å². The number of ether oxygens (including phenoxy) is 1. The number of hydrogen-bond acceptors (Lipinski definition) is 3. The minimum absolute atomic E-state index is 0.0196. The van der Waals surface area contributed by atoms with Gasteiger partial charge in [0.05, 0.1) is 6.10 Å². The fourth-order valence-corrected chi connectivity index (χ4v) is 3.54. The van der Waals surface area contributed by atoms with Gasteiger partial charge in [0.25, 0.3) is 0 Å². The lowest BCUT2D eigenvalue weighted by atomic mass is 9.71. The SMILES string of the molecule is CC(C)(C)Cc1ccc2c(c1)[C@@H](N)C[C@]1(C[C@@H](O)C1)O2. The summed E-state index contributed by atoms with van der Waals surface area (Å²) in [6, 6.07) is 6.42. The van der Waals surface area contributed by atoms with Crippen molar-refractivity contribution in [2.24, 2.45) is 11.1 Å². The van der Waals surface area contributed by atoms with Crippen LogP contribution in [0.3, 0.4) is 0 Å². The number of aliphatic hydroxyl groups excluding tert-OH is 1. The zero-order valence-electron chi connectivity index (χ0n) is 12.6. The lowest BCUT2D eigenvalue weighted by Gasteiger charge is -2.49. The molecule has 0 radical (unpaired) electrons. The van der Waals surface area contributed by atoms with Crippen LogP contribution in [0.25, 0.3) is 0 Å². The van der Waals surface area contributed by atoms with Crippen molar-refractivity contribution in [2.45, 2.75) is 64.2 Å². The van der Waals surface area contributed by atoms with Crippen LogP contribution in [0, 0.1) is 5.41 Å². The molecule has 1 spiro atoms.